The first-order chi connectivity index (χ1) is 12.1. The minimum atomic E-state index is 0.402. The lowest BCUT2D eigenvalue weighted by Gasteiger charge is -2.23. The van der Waals surface area contributed by atoms with Crippen LogP contribution in [0.3, 0.4) is 0 Å². The van der Waals surface area contributed by atoms with E-state index in [0.717, 1.165) is 11.6 Å². The van der Waals surface area contributed by atoms with Crippen LogP contribution in [0.4, 0.5) is 5.82 Å². The van der Waals surface area contributed by atoms with E-state index in [1.165, 1.54) is 0 Å². The highest BCUT2D eigenvalue weighted by molar-refractivity contribution is 5.47. The highest BCUT2D eigenvalue weighted by Crippen LogP contribution is 2.26. The molecule has 0 aliphatic heterocycles. The fraction of sp³-hybridized carbons (Fsp3) is 0.688. The van der Waals surface area contributed by atoms with Gasteiger partial charge in [0.15, 0.2) is 0 Å². The second-order valence-corrected chi connectivity index (χ2v) is 5.99. The third-order valence-electron chi connectivity index (χ3n) is 3.02. The third-order valence-corrected chi connectivity index (χ3v) is 3.02. The van der Waals surface area contributed by atoms with E-state index >= 15 is 0 Å². The van der Waals surface area contributed by atoms with Crippen LogP contribution in [0.15, 0.2) is 23.4 Å². The van der Waals surface area contributed by atoms with Gasteiger partial charge in [-0.15, -0.1) is 0 Å². The van der Waals surface area contributed by atoms with Crippen molar-refractivity contribution in [2.75, 3.05) is 73.9 Å². The molecule has 0 unspecified atom stereocenters. The maximum Gasteiger partial charge on any atom is 0.269 e. The largest absolute Gasteiger partial charge is 0.484 e. The molecule has 1 N–H and O–H groups in total. The predicted molar refractivity (Wildman–Crippen MR) is 93.9 cm³/mol. The van der Waals surface area contributed by atoms with Crippen LogP contribution < -0.4 is 14.1 Å². The van der Waals surface area contributed by atoms with Crippen LogP contribution in [0.25, 0.3) is 0 Å². The van der Waals surface area contributed by atoms with E-state index in [0.29, 0.717) is 57.3 Å². The first-order valence-corrected chi connectivity index (χ1v) is 8.22. The highest BCUT2D eigenvalue weighted by atomic mass is 16.6. The lowest BCUT2D eigenvalue weighted by atomic mass is 10.4. The molecule has 0 aliphatic rings. The number of nitrogens with zero attached hydrogens (tertiary/aromatic N) is 4. The van der Waals surface area contributed by atoms with Gasteiger partial charge in [-0.25, -0.2) is 4.98 Å². The van der Waals surface area contributed by atoms with Gasteiger partial charge in [-0.2, -0.15) is 0 Å². The first-order valence-electron chi connectivity index (χ1n) is 8.22. The number of rotatable bonds is 14. The standard InChI is InChI=1S/C16H29N5O4/c1-21(2,3)16-15(5-4-6-18-16)25-14-13-24-12-11-23-10-9-22-8-7-19-20-17/h4-6,17H,7-14H2,1-3H3/q+2. The van der Waals surface area contributed by atoms with Crippen LogP contribution in [-0.2, 0) is 14.2 Å². The molecular weight excluding hydrogens is 326 g/mol. The smallest absolute Gasteiger partial charge is 0.269 e. The number of aromatic nitrogens is 1. The second kappa shape index (κ2) is 12.5. The summed E-state index contributed by atoms with van der Waals surface area (Å²) < 4.78 is 22.4. The van der Waals surface area contributed by atoms with E-state index in [2.05, 4.69) is 15.0 Å². The zero-order valence-corrected chi connectivity index (χ0v) is 15.3. The molecule has 0 spiro atoms. The Morgan fingerprint density at radius 1 is 1.00 bits per heavy atom. The van der Waals surface area contributed by atoms with Crippen molar-refractivity contribution in [1.82, 2.24) is 14.4 Å². The zero-order chi connectivity index (χ0) is 18.4. The molecular formula is C16H29N5O4+2. The van der Waals surface area contributed by atoms with Crippen molar-refractivity contribution in [2.24, 2.45) is 5.11 Å². The van der Waals surface area contributed by atoms with Crippen LogP contribution in [0.2, 0.25) is 0 Å². The van der Waals surface area contributed by atoms with Crippen molar-refractivity contribution in [2.45, 2.75) is 0 Å². The maximum absolute atomic E-state index is 6.48. The molecule has 0 saturated heterocycles. The van der Waals surface area contributed by atoms with Crippen LogP contribution in [0.5, 0.6) is 5.75 Å². The molecule has 140 valence electrons. The molecule has 0 atom stereocenters. The van der Waals surface area contributed by atoms with Crippen molar-refractivity contribution >= 4 is 5.82 Å². The molecule has 1 aromatic rings. The highest BCUT2D eigenvalue weighted by Gasteiger charge is 2.19. The Labute approximate surface area is 148 Å². The van der Waals surface area contributed by atoms with Gasteiger partial charge in [0, 0.05) is 6.20 Å². The number of ether oxygens (including phenoxy) is 4. The van der Waals surface area contributed by atoms with E-state index < -0.39 is 0 Å². The molecule has 9 nitrogen and oxygen atoms in total. The van der Waals surface area contributed by atoms with E-state index in [-0.39, 0.29) is 0 Å². The van der Waals surface area contributed by atoms with E-state index in [9.17, 15) is 0 Å². The molecule has 25 heavy (non-hydrogen) atoms. The average molecular weight is 355 g/mol. The Morgan fingerprint density at radius 3 is 2.20 bits per heavy atom. The fourth-order valence-electron chi connectivity index (χ4n) is 1.91. The van der Waals surface area contributed by atoms with Crippen LogP contribution in [0.1, 0.15) is 0 Å². The summed E-state index contributed by atoms with van der Waals surface area (Å²) in [4.78, 5) is 7.27. The minimum absolute atomic E-state index is 0.402. The van der Waals surface area contributed by atoms with E-state index in [1.807, 2.05) is 33.3 Å². The van der Waals surface area contributed by atoms with E-state index in [4.69, 9.17) is 24.5 Å². The molecule has 0 radical (unpaired) electrons. The van der Waals surface area contributed by atoms with Crippen molar-refractivity contribution in [1.29, 1.82) is 5.53 Å². The Balaban J connectivity index is 2.02. The van der Waals surface area contributed by atoms with Crippen LogP contribution in [0, 0.1) is 5.53 Å². The maximum atomic E-state index is 6.48. The number of nitrogens with one attached hydrogen (secondary N) is 1. The Kier molecular flexibility index (Phi) is 10.5. The topological polar surface area (TPSA) is 100 Å². The van der Waals surface area contributed by atoms with Gasteiger partial charge in [-0.3, -0.25) is 4.48 Å². The van der Waals surface area contributed by atoms with Gasteiger partial charge in [0.05, 0.1) is 60.8 Å². The van der Waals surface area contributed by atoms with Gasteiger partial charge in [-0.05, 0) is 12.1 Å². The molecule has 0 aromatic carbocycles. The summed E-state index contributed by atoms with van der Waals surface area (Å²) in [6, 6.07) is 3.78. The summed E-state index contributed by atoms with van der Waals surface area (Å²) in [6.07, 6.45) is 1.77. The van der Waals surface area contributed by atoms with E-state index in [1.54, 1.807) is 6.20 Å². The summed E-state index contributed by atoms with van der Waals surface area (Å²) >= 11 is 0. The third kappa shape index (κ3) is 9.85. The fourth-order valence-corrected chi connectivity index (χ4v) is 1.91. The summed E-state index contributed by atoms with van der Waals surface area (Å²) in [7, 11) is 6.14. The lowest BCUT2D eigenvalue weighted by molar-refractivity contribution is 0.0104. The Morgan fingerprint density at radius 2 is 1.60 bits per heavy atom. The summed E-state index contributed by atoms with van der Waals surface area (Å²) in [5.74, 6) is 1.66. The normalized spacial score (nSPS) is 11.2. The Hall–Kier alpha value is -1.90. The van der Waals surface area contributed by atoms with Gasteiger partial charge in [0.1, 0.15) is 23.8 Å². The molecule has 9 heteroatoms. The van der Waals surface area contributed by atoms with Crippen LogP contribution in [-0.4, -0.2) is 78.9 Å². The summed E-state index contributed by atoms with van der Waals surface area (Å²) in [5.41, 5.74) is 6.48. The summed E-state index contributed by atoms with van der Waals surface area (Å²) in [5, 5.41) is 3.48. The van der Waals surface area contributed by atoms with Gasteiger partial charge in [0.2, 0.25) is 10.7 Å². The van der Waals surface area contributed by atoms with Gasteiger partial charge >= 0.3 is 0 Å². The number of hydrogen-bond donors (Lipinski definition) is 1. The predicted octanol–water partition coefficient (Wildman–Crippen LogP) is 1.26. The molecule has 0 amide bonds. The van der Waals surface area contributed by atoms with Crippen molar-refractivity contribution < 1.29 is 18.9 Å². The number of hydrogen-bond acceptors (Lipinski definition) is 7. The SMILES string of the molecule is C[N+](C)(C)c1ncccc1OCCOCCOCCOCCN=[N+]=N. The quantitative estimate of drug-likeness (QED) is 0.234. The number of quaternary nitrogens is 1. The van der Waals surface area contributed by atoms with Crippen LogP contribution >= 0.6 is 0 Å². The van der Waals surface area contributed by atoms with Gasteiger partial charge in [-0.1, -0.05) is 0 Å². The Bertz CT molecular complexity index is 530. The van der Waals surface area contributed by atoms with Crippen molar-refractivity contribution in [3.05, 3.63) is 18.3 Å². The van der Waals surface area contributed by atoms with Gasteiger partial charge < -0.3 is 18.9 Å². The van der Waals surface area contributed by atoms with Gasteiger partial charge in [0.25, 0.3) is 5.82 Å². The molecule has 1 rings (SSSR count). The number of pyridine rings is 1. The summed E-state index contributed by atoms with van der Waals surface area (Å²) in [6.45, 7) is 3.81. The van der Waals surface area contributed by atoms with Crippen molar-refractivity contribution in [3.63, 3.8) is 0 Å². The molecule has 1 aromatic heterocycles. The zero-order valence-electron chi connectivity index (χ0n) is 15.3. The monoisotopic (exact) mass is 355 g/mol. The lowest BCUT2D eigenvalue weighted by Crippen LogP contribution is -2.36. The minimum Gasteiger partial charge on any atom is -0.484 e. The molecule has 0 fully saturated rings. The average Bonchev–Trinajstić information content (AvgIpc) is 2.58. The molecule has 1 heterocycles. The molecule has 0 saturated carbocycles. The van der Waals surface area contributed by atoms with Crippen molar-refractivity contribution in [3.8, 4) is 5.75 Å². The molecule has 0 aliphatic carbocycles. The first kappa shape index (κ1) is 21.1. The second-order valence-electron chi connectivity index (χ2n) is 5.99. The molecule has 0 bridgehead atoms.